The molecular formula is C24H21N3O2S2. The minimum Gasteiger partial charge on any atom is -0.310 e. The first-order valence-corrected chi connectivity index (χ1v) is 10.9. The molecule has 0 spiro atoms. The topological polar surface area (TPSA) is 64.4 Å². The lowest BCUT2D eigenvalue weighted by Gasteiger charge is -2.24. The fourth-order valence-electron chi connectivity index (χ4n) is 3.09. The summed E-state index contributed by atoms with van der Waals surface area (Å²) in [6.45, 7) is 2.01. The first kappa shape index (κ1) is 22.5. The van der Waals surface area contributed by atoms with Gasteiger partial charge in [-0.2, -0.15) is 5.26 Å². The van der Waals surface area contributed by atoms with E-state index in [2.05, 4.69) is 6.07 Å². The van der Waals surface area contributed by atoms with Gasteiger partial charge in [-0.15, -0.1) is 0 Å². The maximum absolute atomic E-state index is 13.0. The average Bonchev–Trinajstić information content (AvgIpc) is 3.02. The highest BCUT2D eigenvalue weighted by atomic mass is 32.2. The van der Waals surface area contributed by atoms with Gasteiger partial charge >= 0.3 is 0 Å². The second-order valence-corrected chi connectivity index (χ2v) is 8.53. The van der Waals surface area contributed by atoms with Crippen molar-refractivity contribution in [2.45, 2.75) is 13.3 Å². The number of rotatable bonds is 7. The van der Waals surface area contributed by atoms with Crippen molar-refractivity contribution in [3.05, 3.63) is 82.8 Å². The molecule has 5 nitrogen and oxygen atoms in total. The molecule has 0 aromatic heterocycles. The van der Waals surface area contributed by atoms with E-state index in [9.17, 15) is 9.59 Å². The molecule has 2 amide bonds. The number of allylic oxidation sites excluding steroid dienone is 2. The van der Waals surface area contributed by atoms with E-state index < -0.39 is 0 Å². The fraction of sp³-hybridized carbons (Fsp3) is 0.167. The lowest BCUT2D eigenvalue weighted by molar-refractivity contribution is -0.127. The zero-order valence-electron chi connectivity index (χ0n) is 17.0. The second-order valence-electron chi connectivity index (χ2n) is 6.86. The Morgan fingerprint density at radius 2 is 1.81 bits per heavy atom. The SMILES string of the molecule is CC(=C\c1ccccc1)/C=C1/SC(=S)N(CC(=O)N(CCC#N)c2ccccc2)C1=O. The molecule has 2 aromatic rings. The van der Waals surface area contributed by atoms with Gasteiger partial charge in [-0.3, -0.25) is 14.5 Å². The van der Waals surface area contributed by atoms with Crippen LogP contribution in [0.4, 0.5) is 5.69 Å². The van der Waals surface area contributed by atoms with Gasteiger partial charge in [0.2, 0.25) is 5.91 Å². The number of anilines is 1. The number of nitrogens with zero attached hydrogens (tertiary/aromatic N) is 3. The molecule has 0 radical (unpaired) electrons. The van der Waals surface area contributed by atoms with Gasteiger partial charge in [0.1, 0.15) is 10.9 Å². The summed E-state index contributed by atoms with van der Waals surface area (Å²) in [5.41, 5.74) is 2.64. The number of carbonyl (C=O) groups excluding carboxylic acids is 2. The standard InChI is InChI=1S/C24H21N3O2S2/c1-18(15-19-9-4-2-5-10-19)16-21-23(29)27(24(30)31-21)17-22(28)26(14-8-13-25)20-11-6-3-7-12-20/h2-7,9-12,15-16H,8,14,17H2,1H3/b18-15+,21-16+. The monoisotopic (exact) mass is 447 g/mol. The summed E-state index contributed by atoms with van der Waals surface area (Å²) in [7, 11) is 0. The van der Waals surface area contributed by atoms with Crippen LogP contribution in [-0.4, -0.2) is 34.1 Å². The highest BCUT2D eigenvalue weighted by Crippen LogP contribution is 2.32. The molecule has 0 bridgehead atoms. The molecule has 7 heteroatoms. The van der Waals surface area contributed by atoms with Crippen LogP contribution < -0.4 is 4.90 Å². The van der Waals surface area contributed by atoms with Crippen molar-refractivity contribution < 1.29 is 9.59 Å². The maximum atomic E-state index is 13.0. The first-order chi connectivity index (χ1) is 15.0. The Kier molecular flexibility index (Phi) is 7.76. The number of hydrogen-bond donors (Lipinski definition) is 0. The maximum Gasteiger partial charge on any atom is 0.266 e. The second kappa shape index (κ2) is 10.7. The molecule has 156 valence electrons. The van der Waals surface area contributed by atoms with Crippen LogP contribution in [0.2, 0.25) is 0 Å². The van der Waals surface area contributed by atoms with Crippen LogP contribution >= 0.6 is 24.0 Å². The summed E-state index contributed by atoms with van der Waals surface area (Å²) in [6.07, 6.45) is 3.97. The van der Waals surface area contributed by atoms with Crippen molar-refractivity contribution in [2.75, 3.05) is 18.0 Å². The van der Waals surface area contributed by atoms with Gasteiger partial charge < -0.3 is 4.90 Å². The molecule has 0 N–H and O–H groups in total. The van der Waals surface area contributed by atoms with Gasteiger partial charge in [0.25, 0.3) is 5.91 Å². The minimum atomic E-state index is -0.282. The van der Waals surface area contributed by atoms with E-state index in [-0.39, 0.29) is 31.3 Å². The lowest BCUT2D eigenvalue weighted by Crippen LogP contribution is -2.42. The third-order valence-corrected chi connectivity index (χ3v) is 5.91. The van der Waals surface area contributed by atoms with Crippen LogP contribution in [0.15, 0.2) is 77.2 Å². The number of thioether (sulfide) groups is 1. The molecule has 1 aliphatic rings. The molecule has 0 unspecified atom stereocenters. The Bertz CT molecular complexity index is 1070. The number of nitriles is 1. The molecule has 1 fully saturated rings. The summed E-state index contributed by atoms with van der Waals surface area (Å²) in [6, 6.07) is 21.0. The van der Waals surface area contributed by atoms with Crippen LogP contribution in [0, 0.1) is 11.3 Å². The predicted molar refractivity (Wildman–Crippen MR) is 129 cm³/mol. The molecule has 1 heterocycles. The number of thiocarbonyl (C=S) groups is 1. The molecule has 31 heavy (non-hydrogen) atoms. The van der Waals surface area contributed by atoms with Crippen molar-refractivity contribution >= 4 is 51.9 Å². The summed E-state index contributed by atoms with van der Waals surface area (Å²) in [4.78, 5) is 29.2. The van der Waals surface area contributed by atoms with Crippen LogP contribution in [0.3, 0.4) is 0 Å². The number of hydrogen-bond acceptors (Lipinski definition) is 5. The Labute approximate surface area is 191 Å². The van der Waals surface area contributed by atoms with Crippen LogP contribution in [0.1, 0.15) is 18.9 Å². The Balaban J connectivity index is 1.75. The lowest BCUT2D eigenvalue weighted by atomic mass is 10.1. The van der Waals surface area contributed by atoms with Crippen molar-refractivity contribution in [3.8, 4) is 6.07 Å². The van der Waals surface area contributed by atoms with Gasteiger partial charge in [-0.05, 0) is 36.3 Å². The Hall–Kier alpha value is -3.21. The summed E-state index contributed by atoms with van der Waals surface area (Å²) >= 11 is 6.56. The number of para-hydroxylation sites is 1. The molecule has 3 rings (SSSR count). The molecule has 0 atom stereocenters. The van der Waals surface area contributed by atoms with Crippen molar-refractivity contribution in [2.24, 2.45) is 0 Å². The van der Waals surface area contributed by atoms with Crippen molar-refractivity contribution in [3.63, 3.8) is 0 Å². The number of benzene rings is 2. The molecular weight excluding hydrogens is 426 g/mol. The smallest absolute Gasteiger partial charge is 0.266 e. The van der Waals surface area contributed by atoms with Crippen molar-refractivity contribution in [1.29, 1.82) is 5.26 Å². The largest absolute Gasteiger partial charge is 0.310 e. The Morgan fingerprint density at radius 1 is 1.16 bits per heavy atom. The molecule has 0 saturated carbocycles. The van der Waals surface area contributed by atoms with Gasteiger partial charge in [0.05, 0.1) is 17.4 Å². The summed E-state index contributed by atoms with van der Waals surface area (Å²) in [5, 5.41) is 8.95. The van der Waals surface area contributed by atoms with E-state index in [0.717, 1.165) is 11.1 Å². The normalized spacial score (nSPS) is 15.3. The summed E-state index contributed by atoms with van der Waals surface area (Å²) < 4.78 is 0.352. The number of amides is 2. The van der Waals surface area contributed by atoms with Crippen LogP contribution in [0.25, 0.3) is 6.08 Å². The zero-order valence-corrected chi connectivity index (χ0v) is 18.7. The highest BCUT2D eigenvalue weighted by molar-refractivity contribution is 8.26. The third-order valence-electron chi connectivity index (χ3n) is 4.54. The number of carbonyl (C=O) groups is 2. The van der Waals surface area contributed by atoms with Gasteiger partial charge in [0, 0.05) is 12.2 Å². The van der Waals surface area contributed by atoms with Gasteiger partial charge in [0.15, 0.2) is 0 Å². The molecule has 1 aliphatic heterocycles. The zero-order chi connectivity index (χ0) is 22.2. The third kappa shape index (κ3) is 5.91. The molecule has 2 aromatic carbocycles. The highest BCUT2D eigenvalue weighted by Gasteiger charge is 2.34. The van der Waals surface area contributed by atoms with Crippen LogP contribution in [0.5, 0.6) is 0 Å². The van der Waals surface area contributed by atoms with E-state index in [0.29, 0.717) is 14.9 Å². The van der Waals surface area contributed by atoms with E-state index in [1.807, 2.05) is 61.5 Å². The fourth-order valence-corrected chi connectivity index (χ4v) is 4.39. The quantitative estimate of drug-likeness (QED) is 0.451. The van der Waals surface area contributed by atoms with Gasteiger partial charge in [-0.25, -0.2) is 0 Å². The van der Waals surface area contributed by atoms with E-state index in [1.54, 1.807) is 18.2 Å². The van der Waals surface area contributed by atoms with E-state index in [4.69, 9.17) is 17.5 Å². The molecule has 1 saturated heterocycles. The molecule has 0 aliphatic carbocycles. The van der Waals surface area contributed by atoms with Crippen LogP contribution in [-0.2, 0) is 9.59 Å². The average molecular weight is 448 g/mol. The van der Waals surface area contributed by atoms with E-state index >= 15 is 0 Å². The Morgan fingerprint density at radius 3 is 2.45 bits per heavy atom. The van der Waals surface area contributed by atoms with Gasteiger partial charge in [-0.1, -0.05) is 78.6 Å². The minimum absolute atomic E-state index is 0.163. The van der Waals surface area contributed by atoms with Crippen molar-refractivity contribution in [1.82, 2.24) is 4.90 Å². The predicted octanol–water partition coefficient (Wildman–Crippen LogP) is 4.78. The first-order valence-electron chi connectivity index (χ1n) is 9.70. The van der Waals surface area contributed by atoms with E-state index in [1.165, 1.54) is 21.6 Å². The summed E-state index contributed by atoms with van der Waals surface area (Å²) in [5.74, 6) is -0.562.